The first kappa shape index (κ1) is 17.9. The Labute approximate surface area is 155 Å². The maximum Gasteiger partial charge on any atom is 0.251 e. The molecule has 0 saturated heterocycles. The number of primary amides is 1. The fraction of sp³-hybridized carbons (Fsp3) is 0.333. The molecule has 7 heteroatoms. The van der Waals surface area contributed by atoms with Crippen molar-refractivity contribution < 1.29 is 9.59 Å². The Hall–Kier alpha value is -1.89. The van der Waals surface area contributed by atoms with Crippen LogP contribution < -0.4 is 16.4 Å². The quantitative estimate of drug-likeness (QED) is 0.722. The van der Waals surface area contributed by atoms with Crippen LogP contribution in [0.1, 0.15) is 45.7 Å². The molecule has 0 aliphatic heterocycles. The molecule has 25 heavy (non-hydrogen) atoms. The predicted octanol–water partition coefficient (Wildman–Crippen LogP) is 3.28. The highest BCUT2D eigenvalue weighted by Crippen LogP contribution is 2.38. The molecule has 1 aliphatic carbocycles. The summed E-state index contributed by atoms with van der Waals surface area (Å²) >= 11 is 7.35. The SMILES string of the molecule is C[C@@H](NCC(=O)Nc1sc2c(c1C(N)=O)CCC2)c1ccc(Cl)cc1. The fourth-order valence-electron chi connectivity index (χ4n) is 3.04. The van der Waals surface area contributed by atoms with Gasteiger partial charge in [-0.05, 0) is 49.4 Å². The van der Waals surface area contributed by atoms with Gasteiger partial charge < -0.3 is 16.4 Å². The number of halogens is 1. The molecule has 0 unspecified atom stereocenters. The predicted molar refractivity (Wildman–Crippen MR) is 101 cm³/mol. The van der Waals surface area contributed by atoms with Gasteiger partial charge >= 0.3 is 0 Å². The Morgan fingerprint density at radius 3 is 2.68 bits per heavy atom. The van der Waals surface area contributed by atoms with E-state index in [4.69, 9.17) is 17.3 Å². The molecule has 0 bridgehead atoms. The third-order valence-electron chi connectivity index (χ3n) is 4.36. The molecule has 0 fully saturated rings. The number of anilines is 1. The van der Waals surface area contributed by atoms with E-state index in [1.165, 1.54) is 11.3 Å². The van der Waals surface area contributed by atoms with E-state index in [2.05, 4.69) is 10.6 Å². The summed E-state index contributed by atoms with van der Waals surface area (Å²) in [5, 5.41) is 7.25. The summed E-state index contributed by atoms with van der Waals surface area (Å²) in [7, 11) is 0. The van der Waals surface area contributed by atoms with E-state index in [0.29, 0.717) is 15.6 Å². The van der Waals surface area contributed by atoms with Gasteiger partial charge in [0.15, 0.2) is 0 Å². The normalized spacial score (nSPS) is 14.2. The van der Waals surface area contributed by atoms with E-state index in [0.717, 1.165) is 35.3 Å². The topological polar surface area (TPSA) is 84.2 Å². The monoisotopic (exact) mass is 377 g/mol. The van der Waals surface area contributed by atoms with Crippen molar-refractivity contribution in [3.8, 4) is 0 Å². The summed E-state index contributed by atoms with van der Waals surface area (Å²) in [4.78, 5) is 25.2. The van der Waals surface area contributed by atoms with E-state index < -0.39 is 5.91 Å². The van der Waals surface area contributed by atoms with Gasteiger partial charge in [0.25, 0.3) is 5.91 Å². The minimum Gasteiger partial charge on any atom is -0.365 e. The van der Waals surface area contributed by atoms with Crippen LogP contribution in [0.15, 0.2) is 24.3 Å². The molecule has 3 rings (SSSR count). The molecule has 4 N–H and O–H groups in total. The maximum atomic E-state index is 12.3. The number of nitrogens with one attached hydrogen (secondary N) is 2. The fourth-order valence-corrected chi connectivity index (χ4v) is 4.48. The number of nitrogens with two attached hydrogens (primary N) is 1. The molecule has 0 spiro atoms. The minimum atomic E-state index is -0.475. The molecule has 0 radical (unpaired) electrons. The molecule has 1 aliphatic rings. The zero-order valence-electron chi connectivity index (χ0n) is 13.9. The van der Waals surface area contributed by atoms with Gasteiger partial charge in [-0.25, -0.2) is 0 Å². The number of hydrogen-bond acceptors (Lipinski definition) is 4. The molecule has 1 aromatic heterocycles. The Bertz CT molecular complexity index is 801. The Morgan fingerprint density at radius 2 is 2.00 bits per heavy atom. The van der Waals surface area contributed by atoms with E-state index in [1.54, 1.807) is 0 Å². The van der Waals surface area contributed by atoms with Crippen molar-refractivity contribution in [3.05, 3.63) is 50.9 Å². The summed E-state index contributed by atoms with van der Waals surface area (Å²) in [5.41, 5.74) is 8.05. The maximum absolute atomic E-state index is 12.3. The number of fused-ring (bicyclic) bond motifs is 1. The number of hydrogen-bond donors (Lipinski definition) is 3. The average Bonchev–Trinajstić information content (AvgIpc) is 3.13. The van der Waals surface area contributed by atoms with Crippen LogP contribution in [0.2, 0.25) is 5.02 Å². The van der Waals surface area contributed by atoms with Crippen molar-refractivity contribution in [1.82, 2.24) is 5.32 Å². The molecule has 1 atom stereocenters. The summed E-state index contributed by atoms with van der Waals surface area (Å²) < 4.78 is 0. The van der Waals surface area contributed by atoms with Crippen molar-refractivity contribution >= 4 is 39.8 Å². The van der Waals surface area contributed by atoms with Crippen LogP contribution in [0.5, 0.6) is 0 Å². The highest BCUT2D eigenvalue weighted by atomic mass is 35.5. The Morgan fingerprint density at radius 1 is 1.28 bits per heavy atom. The minimum absolute atomic E-state index is 0.00645. The lowest BCUT2D eigenvalue weighted by Gasteiger charge is -2.14. The molecule has 0 saturated carbocycles. The van der Waals surface area contributed by atoms with Gasteiger partial charge in [0.1, 0.15) is 5.00 Å². The van der Waals surface area contributed by atoms with E-state index in [1.807, 2.05) is 31.2 Å². The van der Waals surface area contributed by atoms with Gasteiger partial charge in [0.2, 0.25) is 5.91 Å². The van der Waals surface area contributed by atoms with Gasteiger partial charge in [0, 0.05) is 15.9 Å². The smallest absolute Gasteiger partial charge is 0.251 e. The van der Waals surface area contributed by atoms with E-state index in [9.17, 15) is 9.59 Å². The number of amides is 2. The summed E-state index contributed by atoms with van der Waals surface area (Å²) in [6, 6.07) is 7.50. The molecule has 132 valence electrons. The van der Waals surface area contributed by atoms with Crippen LogP contribution in [0, 0.1) is 0 Å². The standard InChI is InChI=1S/C18H20ClN3O2S/c1-10(11-5-7-12(19)8-6-11)21-9-15(23)22-18-16(17(20)24)13-3-2-4-14(13)25-18/h5-8,10,21H,2-4,9H2,1H3,(H2,20,24)(H,22,23)/t10-/m1/s1. The van der Waals surface area contributed by atoms with Crippen molar-refractivity contribution in [3.63, 3.8) is 0 Å². The molecule has 5 nitrogen and oxygen atoms in total. The van der Waals surface area contributed by atoms with E-state index in [-0.39, 0.29) is 18.5 Å². The lowest BCUT2D eigenvalue weighted by atomic mass is 10.1. The van der Waals surface area contributed by atoms with Crippen LogP contribution in [0.25, 0.3) is 0 Å². The van der Waals surface area contributed by atoms with Crippen molar-refractivity contribution in [2.45, 2.75) is 32.2 Å². The van der Waals surface area contributed by atoms with Gasteiger partial charge in [0.05, 0.1) is 12.1 Å². The van der Waals surface area contributed by atoms with Crippen LogP contribution in [-0.2, 0) is 17.6 Å². The zero-order valence-corrected chi connectivity index (χ0v) is 15.5. The van der Waals surface area contributed by atoms with Gasteiger partial charge in [-0.2, -0.15) is 0 Å². The van der Waals surface area contributed by atoms with Crippen molar-refractivity contribution in [2.24, 2.45) is 5.73 Å². The first-order valence-corrected chi connectivity index (χ1v) is 9.38. The number of carbonyl (C=O) groups excluding carboxylic acids is 2. The highest BCUT2D eigenvalue weighted by Gasteiger charge is 2.26. The summed E-state index contributed by atoms with van der Waals surface area (Å²) in [6.45, 7) is 2.12. The number of thiophene rings is 1. The average molecular weight is 378 g/mol. The Kier molecular flexibility index (Phi) is 5.42. The number of aryl methyl sites for hydroxylation is 1. The summed E-state index contributed by atoms with van der Waals surface area (Å²) in [5.74, 6) is -0.666. The second kappa shape index (κ2) is 7.56. The lowest BCUT2D eigenvalue weighted by molar-refractivity contribution is -0.115. The van der Waals surface area contributed by atoms with Gasteiger partial charge in [-0.15, -0.1) is 11.3 Å². The molecular formula is C18H20ClN3O2S. The van der Waals surface area contributed by atoms with Crippen LogP contribution >= 0.6 is 22.9 Å². The lowest BCUT2D eigenvalue weighted by Crippen LogP contribution is -2.30. The number of rotatable bonds is 6. The van der Waals surface area contributed by atoms with Crippen LogP contribution in [0.4, 0.5) is 5.00 Å². The van der Waals surface area contributed by atoms with Crippen LogP contribution in [-0.4, -0.2) is 18.4 Å². The first-order valence-electron chi connectivity index (χ1n) is 8.18. The molecule has 2 aromatic rings. The van der Waals surface area contributed by atoms with Crippen LogP contribution in [0.3, 0.4) is 0 Å². The van der Waals surface area contributed by atoms with E-state index >= 15 is 0 Å². The third-order valence-corrected chi connectivity index (χ3v) is 5.82. The number of carbonyl (C=O) groups is 2. The second-order valence-electron chi connectivity index (χ2n) is 6.13. The Balaban J connectivity index is 1.61. The highest BCUT2D eigenvalue weighted by molar-refractivity contribution is 7.17. The second-order valence-corrected chi connectivity index (χ2v) is 7.67. The van der Waals surface area contributed by atoms with Gasteiger partial charge in [-0.3, -0.25) is 9.59 Å². The molecular weight excluding hydrogens is 358 g/mol. The largest absolute Gasteiger partial charge is 0.365 e. The number of benzene rings is 1. The third kappa shape index (κ3) is 4.03. The van der Waals surface area contributed by atoms with Gasteiger partial charge in [-0.1, -0.05) is 23.7 Å². The first-order chi connectivity index (χ1) is 12.0. The molecule has 2 amide bonds. The summed E-state index contributed by atoms with van der Waals surface area (Å²) in [6.07, 6.45) is 2.84. The molecule has 1 aromatic carbocycles. The molecule has 1 heterocycles. The van der Waals surface area contributed by atoms with Crippen molar-refractivity contribution in [2.75, 3.05) is 11.9 Å². The van der Waals surface area contributed by atoms with Crippen molar-refractivity contribution in [1.29, 1.82) is 0 Å². The zero-order chi connectivity index (χ0) is 18.0.